The van der Waals surface area contributed by atoms with Crippen LogP contribution in [-0.2, 0) is 9.59 Å². The largest absolute Gasteiger partial charge is 0.344 e. The van der Waals surface area contributed by atoms with E-state index in [0.717, 1.165) is 0 Å². The average molecular weight is 186 g/mol. The summed E-state index contributed by atoms with van der Waals surface area (Å²) in [7, 11) is 3.48. The number of rotatable bonds is 4. The van der Waals surface area contributed by atoms with Crippen molar-refractivity contribution in [3.8, 4) is 0 Å². The first kappa shape index (κ1) is 11.9. The molecule has 0 unspecified atom stereocenters. The Morgan fingerprint density at radius 3 is 1.92 bits per heavy atom. The van der Waals surface area contributed by atoms with Gasteiger partial charge in [0, 0.05) is 40.5 Å². The Hall–Kier alpha value is -1.06. The van der Waals surface area contributed by atoms with E-state index in [1.807, 2.05) is 6.92 Å². The quantitative estimate of drug-likeness (QED) is 0.635. The maximum Gasteiger partial charge on any atom is 0.222 e. The maximum atomic E-state index is 11.1. The van der Waals surface area contributed by atoms with Crippen LogP contribution in [0.4, 0.5) is 0 Å². The monoisotopic (exact) mass is 186 g/mol. The van der Waals surface area contributed by atoms with Crippen LogP contribution in [0.15, 0.2) is 0 Å². The second kappa shape index (κ2) is 5.56. The lowest BCUT2D eigenvalue weighted by atomic mass is 10.4. The highest BCUT2D eigenvalue weighted by Crippen LogP contribution is 1.91. The summed E-state index contributed by atoms with van der Waals surface area (Å²) >= 11 is 0. The van der Waals surface area contributed by atoms with E-state index in [-0.39, 0.29) is 11.8 Å². The zero-order valence-corrected chi connectivity index (χ0v) is 8.83. The molecule has 4 heteroatoms. The van der Waals surface area contributed by atoms with Crippen LogP contribution in [0.3, 0.4) is 0 Å². The Balaban J connectivity index is 3.76. The minimum absolute atomic E-state index is 0.0253. The standard InChI is InChI=1S/C9H18N2O2/c1-5-9(13)11(4)7-6-10(3)8(2)12/h5-7H2,1-4H3. The van der Waals surface area contributed by atoms with Crippen molar-refractivity contribution in [2.75, 3.05) is 27.2 Å². The number of carbonyl (C=O) groups excluding carboxylic acids is 2. The molecule has 0 aliphatic heterocycles. The zero-order valence-electron chi connectivity index (χ0n) is 8.83. The number of hydrogen-bond donors (Lipinski definition) is 0. The number of nitrogens with zero attached hydrogens (tertiary/aromatic N) is 2. The number of carbonyl (C=O) groups is 2. The van der Waals surface area contributed by atoms with Gasteiger partial charge in [-0.05, 0) is 0 Å². The van der Waals surface area contributed by atoms with E-state index in [2.05, 4.69) is 0 Å². The molecule has 0 saturated carbocycles. The molecule has 0 bridgehead atoms. The lowest BCUT2D eigenvalue weighted by molar-refractivity contribution is -0.132. The fraction of sp³-hybridized carbons (Fsp3) is 0.778. The van der Waals surface area contributed by atoms with Crippen LogP contribution < -0.4 is 0 Å². The van der Waals surface area contributed by atoms with E-state index in [1.54, 1.807) is 23.9 Å². The van der Waals surface area contributed by atoms with Crippen LogP contribution in [0.1, 0.15) is 20.3 Å². The first-order chi connectivity index (χ1) is 5.99. The van der Waals surface area contributed by atoms with Crippen molar-refractivity contribution in [1.29, 1.82) is 0 Å². The summed E-state index contributed by atoms with van der Waals surface area (Å²) in [5, 5.41) is 0. The van der Waals surface area contributed by atoms with E-state index < -0.39 is 0 Å². The molecule has 0 aliphatic rings. The van der Waals surface area contributed by atoms with E-state index in [1.165, 1.54) is 6.92 Å². The second-order valence-electron chi connectivity index (χ2n) is 3.11. The smallest absolute Gasteiger partial charge is 0.222 e. The zero-order chi connectivity index (χ0) is 10.4. The highest BCUT2D eigenvalue weighted by molar-refractivity contribution is 5.75. The molecular formula is C9H18N2O2. The predicted octanol–water partition coefficient (Wildman–Crippen LogP) is 0.333. The molecule has 0 aromatic carbocycles. The van der Waals surface area contributed by atoms with Crippen molar-refractivity contribution < 1.29 is 9.59 Å². The van der Waals surface area contributed by atoms with Crippen molar-refractivity contribution in [2.45, 2.75) is 20.3 Å². The molecule has 0 rings (SSSR count). The molecule has 13 heavy (non-hydrogen) atoms. The number of likely N-dealkylation sites (N-methyl/N-ethyl adjacent to an activating group) is 2. The van der Waals surface area contributed by atoms with E-state index in [4.69, 9.17) is 0 Å². The van der Waals surface area contributed by atoms with Gasteiger partial charge in [-0.1, -0.05) is 6.92 Å². The number of amides is 2. The number of hydrogen-bond acceptors (Lipinski definition) is 2. The Morgan fingerprint density at radius 2 is 1.54 bits per heavy atom. The van der Waals surface area contributed by atoms with E-state index in [0.29, 0.717) is 19.5 Å². The lowest BCUT2D eigenvalue weighted by Gasteiger charge is -2.20. The second-order valence-corrected chi connectivity index (χ2v) is 3.11. The maximum absolute atomic E-state index is 11.1. The SMILES string of the molecule is CCC(=O)N(C)CCN(C)C(C)=O. The van der Waals surface area contributed by atoms with Crippen LogP contribution in [0.25, 0.3) is 0 Å². The van der Waals surface area contributed by atoms with Crippen molar-refractivity contribution >= 4 is 11.8 Å². The van der Waals surface area contributed by atoms with Crippen molar-refractivity contribution in [2.24, 2.45) is 0 Å². The van der Waals surface area contributed by atoms with Crippen LogP contribution >= 0.6 is 0 Å². The predicted molar refractivity (Wildman–Crippen MR) is 51.2 cm³/mol. The summed E-state index contributed by atoms with van der Waals surface area (Å²) in [5.41, 5.74) is 0. The molecule has 4 nitrogen and oxygen atoms in total. The molecule has 2 amide bonds. The van der Waals surface area contributed by atoms with E-state index >= 15 is 0 Å². The summed E-state index contributed by atoms with van der Waals surface area (Å²) in [6, 6.07) is 0. The molecule has 0 saturated heterocycles. The lowest BCUT2D eigenvalue weighted by Crippen LogP contribution is -2.36. The Kier molecular flexibility index (Phi) is 5.11. The molecule has 0 aromatic heterocycles. The van der Waals surface area contributed by atoms with Crippen LogP contribution in [0.2, 0.25) is 0 Å². The fourth-order valence-electron chi connectivity index (χ4n) is 0.852. The summed E-state index contributed by atoms with van der Waals surface area (Å²) in [6.07, 6.45) is 0.514. The molecule has 0 radical (unpaired) electrons. The molecule has 0 atom stereocenters. The normalized spacial score (nSPS) is 9.54. The van der Waals surface area contributed by atoms with Gasteiger partial charge in [0.05, 0.1) is 0 Å². The van der Waals surface area contributed by atoms with E-state index in [9.17, 15) is 9.59 Å². The molecule has 0 spiro atoms. The first-order valence-corrected chi connectivity index (χ1v) is 4.44. The van der Waals surface area contributed by atoms with Crippen molar-refractivity contribution in [1.82, 2.24) is 9.80 Å². The minimum atomic E-state index is 0.0253. The molecule has 0 fully saturated rings. The van der Waals surface area contributed by atoms with Gasteiger partial charge in [0.15, 0.2) is 0 Å². The Bertz CT molecular complexity index is 192. The fourth-order valence-corrected chi connectivity index (χ4v) is 0.852. The molecule has 0 heterocycles. The third-order valence-corrected chi connectivity index (χ3v) is 2.04. The van der Waals surface area contributed by atoms with Crippen LogP contribution in [0.5, 0.6) is 0 Å². The summed E-state index contributed by atoms with van der Waals surface area (Å²) < 4.78 is 0. The topological polar surface area (TPSA) is 40.6 Å². The van der Waals surface area contributed by atoms with Crippen molar-refractivity contribution in [3.05, 3.63) is 0 Å². The first-order valence-electron chi connectivity index (χ1n) is 4.44. The molecular weight excluding hydrogens is 168 g/mol. The Morgan fingerprint density at radius 1 is 1.08 bits per heavy atom. The van der Waals surface area contributed by atoms with Gasteiger partial charge >= 0.3 is 0 Å². The summed E-state index contributed by atoms with van der Waals surface area (Å²) in [5.74, 6) is 0.134. The van der Waals surface area contributed by atoms with Crippen LogP contribution in [-0.4, -0.2) is 48.8 Å². The summed E-state index contributed by atoms with van der Waals surface area (Å²) in [4.78, 5) is 25.2. The van der Waals surface area contributed by atoms with Crippen molar-refractivity contribution in [3.63, 3.8) is 0 Å². The van der Waals surface area contributed by atoms with Gasteiger partial charge in [0.2, 0.25) is 11.8 Å². The van der Waals surface area contributed by atoms with Crippen LogP contribution in [0, 0.1) is 0 Å². The molecule has 76 valence electrons. The molecule has 0 N–H and O–H groups in total. The minimum Gasteiger partial charge on any atom is -0.344 e. The third kappa shape index (κ3) is 4.50. The van der Waals surface area contributed by atoms with Gasteiger partial charge in [0.1, 0.15) is 0 Å². The van der Waals surface area contributed by atoms with Gasteiger partial charge in [-0.2, -0.15) is 0 Å². The highest BCUT2D eigenvalue weighted by Gasteiger charge is 2.07. The highest BCUT2D eigenvalue weighted by atomic mass is 16.2. The van der Waals surface area contributed by atoms with Gasteiger partial charge in [-0.25, -0.2) is 0 Å². The molecule has 0 aliphatic carbocycles. The van der Waals surface area contributed by atoms with Gasteiger partial charge in [-0.15, -0.1) is 0 Å². The van der Waals surface area contributed by atoms with Gasteiger partial charge in [-0.3, -0.25) is 9.59 Å². The average Bonchev–Trinajstić information content (AvgIpc) is 2.11. The molecule has 0 aromatic rings. The van der Waals surface area contributed by atoms with Gasteiger partial charge in [0.25, 0.3) is 0 Å². The third-order valence-electron chi connectivity index (χ3n) is 2.04. The summed E-state index contributed by atoms with van der Waals surface area (Å²) in [6.45, 7) is 4.54. The van der Waals surface area contributed by atoms with Gasteiger partial charge < -0.3 is 9.80 Å². The Labute approximate surface area is 79.5 Å².